The van der Waals surface area contributed by atoms with E-state index in [4.69, 9.17) is 19.7 Å². The van der Waals surface area contributed by atoms with Crippen molar-refractivity contribution in [2.24, 2.45) is 0 Å². The summed E-state index contributed by atoms with van der Waals surface area (Å²) >= 11 is 0. The first-order chi connectivity index (χ1) is 8.45. The minimum absolute atomic E-state index is 0.00478. The van der Waals surface area contributed by atoms with Crippen LogP contribution in [-0.2, 0) is 19.7 Å². The van der Waals surface area contributed by atoms with Gasteiger partial charge in [-0.15, -0.1) is 0 Å². The molecule has 0 amide bonds. The lowest BCUT2D eigenvalue weighted by Crippen LogP contribution is -2.58. The van der Waals surface area contributed by atoms with E-state index < -0.39 is 0 Å². The van der Waals surface area contributed by atoms with Gasteiger partial charge in [-0.05, 0) is 13.2 Å². The van der Waals surface area contributed by atoms with Gasteiger partial charge in [-0.1, -0.05) is 9.48 Å². The molecular weight excluding hydrogens is 252 g/mol. The Morgan fingerprint density at radius 2 is 1.32 bits per heavy atom. The SMILES string of the molecule is C=C[N+]1(C)CO[N+](C)(C)O[N+](C)(C=C)O[N+](C)(C)O1. The van der Waals surface area contributed by atoms with E-state index in [2.05, 4.69) is 13.2 Å². The molecule has 1 rings (SSSR count). The molecule has 2 unspecified atom stereocenters. The number of nitrogens with zero attached hydrogens (tertiary/aromatic N) is 4. The fourth-order valence-corrected chi connectivity index (χ4v) is 1.71. The quantitative estimate of drug-likeness (QED) is 0.699. The molecule has 0 saturated carbocycles. The molecule has 8 nitrogen and oxygen atoms in total. The molecule has 110 valence electrons. The summed E-state index contributed by atoms with van der Waals surface area (Å²) < 4.78 is -0.00478. The predicted molar refractivity (Wildman–Crippen MR) is 66.2 cm³/mol. The monoisotopic (exact) mass is 278 g/mol. The zero-order valence-corrected chi connectivity index (χ0v) is 12.7. The van der Waals surface area contributed by atoms with Gasteiger partial charge >= 0.3 is 0 Å². The first-order valence-electron chi connectivity index (χ1n) is 5.90. The average Bonchev–Trinajstić information content (AvgIpc) is 2.26. The number of rotatable bonds is 2. The van der Waals surface area contributed by atoms with Crippen LogP contribution in [0.2, 0.25) is 0 Å². The molecule has 0 N–H and O–H groups in total. The Morgan fingerprint density at radius 1 is 0.789 bits per heavy atom. The topological polar surface area (TPSA) is 36.9 Å². The molecule has 1 aliphatic rings. The number of hydroxylamine groups is 15. The van der Waals surface area contributed by atoms with Crippen LogP contribution in [0.1, 0.15) is 0 Å². The third kappa shape index (κ3) is 4.34. The van der Waals surface area contributed by atoms with Crippen LogP contribution >= 0.6 is 0 Å². The zero-order chi connectivity index (χ0) is 14.9. The maximum Gasteiger partial charge on any atom is 0.278 e. The smallest absolute Gasteiger partial charge is 0.0991 e. The van der Waals surface area contributed by atoms with E-state index in [0.717, 1.165) is 0 Å². The second kappa shape index (κ2) is 4.93. The maximum absolute atomic E-state index is 5.84. The molecule has 2 atom stereocenters. The average molecular weight is 278 g/mol. The minimum Gasteiger partial charge on any atom is -0.0991 e. The van der Waals surface area contributed by atoms with Crippen LogP contribution in [0.15, 0.2) is 25.6 Å². The number of hydrogen-bond acceptors (Lipinski definition) is 4. The number of hydrogen-bond donors (Lipinski definition) is 0. The summed E-state index contributed by atoms with van der Waals surface area (Å²) in [5.41, 5.74) is 0. The van der Waals surface area contributed by atoms with Crippen LogP contribution in [0.3, 0.4) is 0 Å². The van der Waals surface area contributed by atoms with Crippen LogP contribution in [0, 0.1) is 0 Å². The lowest BCUT2D eigenvalue weighted by molar-refractivity contribution is -1.54. The molecule has 1 saturated heterocycles. The molecule has 19 heavy (non-hydrogen) atoms. The molecule has 0 spiro atoms. The molecule has 0 bridgehead atoms. The van der Waals surface area contributed by atoms with Crippen molar-refractivity contribution in [1.29, 1.82) is 0 Å². The highest BCUT2D eigenvalue weighted by molar-refractivity contribution is 4.45. The lowest BCUT2D eigenvalue weighted by Gasteiger charge is -2.29. The van der Waals surface area contributed by atoms with Crippen molar-refractivity contribution in [2.45, 2.75) is 0 Å². The van der Waals surface area contributed by atoms with Crippen molar-refractivity contribution < 1.29 is 38.7 Å². The van der Waals surface area contributed by atoms with E-state index >= 15 is 0 Å². The van der Waals surface area contributed by atoms with Crippen molar-refractivity contribution >= 4 is 0 Å². The third-order valence-corrected chi connectivity index (χ3v) is 2.44. The van der Waals surface area contributed by atoms with Gasteiger partial charge in [0.25, 0.3) is 6.73 Å². The van der Waals surface area contributed by atoms with Gasteiger partial charge in [0.2, 0.25) is 0 Å². The van der Waals surface area contributed by atoms with Crippen LogP contribution in [-0.4, -0.2) is 68.1 Å². The Kier molecular flexibility index (Phi) is 4.20. The standard InChI is InChI=1S/C11H26N4O4/c1-9-14(7)11-16-12(3,4)18-15(8,10-2)19-13(5,6)17-14/h9-10H,1-2,11H2,3-8H3/q+4. The molecule has 1 aliphatic heterocycles. The van der Waals surface area contributed by atoms with Gasteiger partial charge in [-0.3, -0.25) is 0 Å². The highest BCUT2D eigenvalue weighted by Gasteiger charge is 2.51. The van der Waals surface area contributed by atoms with Gasteiger partial charge in [0.15, 0.2) is 6.20 Å². The summed E-state index contributed by atoms with van der Waals surface area (Å²) in [5, 5.41) is 0. The van der Waals surface area contributed by atoms with Crippen LogP contribution in [0.4, 0.5) is 0 Å². The highest BCUT2D eigenvalue weighted by atomic mass is 17.3. The van der Waals surface area contributed by atoms with Gasteiger partial charge in [-0.2, -0.15) is 0 Å². The van der Waals surface area contributed by atoms with E-state index in [1.54, 1.807) is 48.5 Å². The zero-order valence-electron chi connectivity index (χ0n) is 12.7. The first-order valence-corrected chi connectivity index (χ1v) is 5.90. The van der Waals surface area contributed by atoms with Crippen molar-refractivity contribution in [3.05, 3.63) is 25.6 Å². The van der Waals surface area contributed by atoms with Gasteiger partial charge < -0.3 is 0 Å². The molecule has 0 radical (unpaired) electrons. The second-order valence-electron chi connectivity index (χ2n) is 5.46. The van der Waals surface area contributed by atoms with Gasteiger partial charge in [0, 0.05) is 9.75 Å². The van der Waals surface area contributed by atoms with Crippen molar-refractivity contribution in [2.75, 3.05) is 49.0 Å². The van der Waals surface area contributed by atoms with E-state index in [-0.39, 0.29) is 25.8 Å². The molecule has 0 aromatic heterocycles. The molecule has 1 fully saturated rings. The molecular formula is C11H26N4O4+4. The summed E-state index contributed by atoms with van der Waals surface area (Å²) in [4.78, 5) is 22.3. The van der Waals surface area contributed by atoms with Gasteiger partial charge in [-0.25, -0.2) is 0 Å². The molecule has 0 aromatic carbocycles. The highest BCUT2D eigenvalue weighted by Crippen LogP contribution is 2.24. The maximum atomic E-state index is 5.84. The van der Waals surface area contributed by atoms with Crippen molar-refractivity contribution in [3.8, 4) is 0 Å². The van der Waals surface area contributed by atoms with Crippen LogP contribution in [0.5, 0.6) is 0 Å². The number of quaternary nitrogens is 4. The molecule has 0 aromatic rings. The molecule has 0 aliphatic carbocycles. The van der Waals surface area contributed by atoms with E-state index in [9.17, 15) is 0 Å². The summed E-state index contributed by atoms with van der Waals surface area (Å²) in [7, 11) is 10.4. The van der Waals surface area contributed by atoms with Gasteiger partial charge in [0.1, 0.15) is 48.5 Å². The lowest BCUT2D eigenvalue weighted by atomic mass is 10.8. The Hall–Kier alpha value is -0.840. The van der Waals surface area contributed by atoms with Crippen LogP contribution < -0.4 is 0 Å². The summed E-state index contributed by atoms with van der Waals surface area (Å²) in [5.74, 6) is 0. The van der Waals surface area contributed by atoms with Gasteiger partial charge in [0.05, 0.1) is 19.5 Å². The predicted octanol–water partition coefficient (Wildman–Crippen LogP) is 0.762. The van der Waals surface area contributed by atoms with Crippen molar-refractivity contribution in [1.82, 2.24) is 0 Å². The largest absolute Gasteiger partial charge is 0.278 e. The summed E-state index contributed by atoms with van der Waals surface area (Å²) in [6.07, 6.45) is 3.11. The molecule has 8 heteroatoms. The first kappa shape index (κ1) is 16.2. The van der Waals surface area contributed by atoms with Crippen molar-refractivity contribution in [3.63, 3.8) is 0 Å². The third-order valence-electron chi connectivity index (χ3n) is 2.44. The normalized spacial score (nSPS) is 38.6. The van der Waals surface area contributed by atoms with E-state index in [0.29, 0.717) is 0 Å². The Bertz CT molecular complexity index is 374. The Balaban J connectivity index is 3.14. The Morgan fingerprint density at radius 3 is 1.79 bits per heavy atom. The minimum atomic E-state index is -0.350. The Labute approximate surface area is 114 Å². The summed E-state index contributed by atoms with van der Waals surface area (Å²) in [6.45, 7) is 7.68. The van der Waals surface area contributed by atoms with E-state index in [1.807, 2.05) is 0 Å². The van der Waals surface area contributed by atoms with E-state index in [1.165, 1.54) is 6.20 Å². The fraction of sp³-hybridized carbons (Fsp3) is 0.636. The second-order valence-corrected chi connectivity index (χ2v) is 5.46. The molecule has 1 heterocycles. The van der Waals surface area contributed by atoms with Crippen LogP contribution in [0.25, 0.3) is 0 Å². The summed E-state index contributed by atoms with van der Waals surface area (Å²) in [6, 6.07) is 0. The fourth-order valence-electron chi connectivity index (χ4n) is 1.71.